The third-order valence-electron chi connectivity index (χ3n) is 3.11. The summed E-state index contributed by atoms with van der Waals surface area (Å²) in [4.78, 5) is 0. The Kier molecular flexibility index (Phi) is 6.38. The molecule has 0 aliphatic carbocycles. The number of hydrogen-bond acceptors (Lipinski definition) is 4. The lowest BCUT2D eigenvalue weighted by Crippen LogP contribution is -2.31. The normalized spacial score (nSPS) is 10.3. The van der Waals surface area contributed by atoms with Crippen LogP contribution in [-0.2, 0) is 6.54 Å². The van der Waals surface area contributed by atoms with E-state index < -0.39 is 0 Å². The lowest BCUT2D eigenvalue weighted by Gasteiger charge is -2.08. The van der Waals surface area contributed by atoms with Crippen molar-refractivity contribution in [1.82, 2.24) is 10.7 Å². The third kappa shape index (κ3) is 5.27. The number of hydrogen-bond donors (Lipinski definition) is 2. The van der Waals surface area contributed by atoms with Crippen LogP contribution in [0.5, 0.6) is 11.5 Å². The van der Waals surface area contributed by atoms with Gasteiger partial charge in [-0.2, -0.15) is 5.10 Å². The first-order valence-electron chi connectivity index (χ1n) is 7.06. The minimum absolute atomic E-state index is 0.456. The summed E-state index contributed by atoms with van der Waals surface area (Å²) in [6.45, 7) is 0.647. The molecular weight excluding hydrogens is 310 g/mol. The van der Waals surface area contributed by atoms with E-state index in [4.69, 9.17) is 21.7 Å². The maximum Gasteiger partial charge on any atom is 0.187 e. The van der Waals surface area contributed by atoms with E-state index in [0.717, 1.165) is 16.9 Å². The van der Waals surface area contributed by atoms with E-state index in [-0.39, 0.29) is 0 Å². The molecule has 2 rings (SSSR count). The molecule has 0 aliphatic rings. The lowest BCUT2D eigenvalue weighted by molar-refractivity contribution is 0.394. The maximum absolute atomic E-state index is 5.30. The number of benzene rings is 2. The second-order valence-electron chi connectivity index (χ2n) is 4.65. The molecule has 0 saturated carbocycles. The first-order valence-corrected chi connectivity index (χ1v) is 7.46. The molecule has 2 aromatic carbocycles. The Morgan fingerprint density at radius 2 is 1.91 bits per heavy atom. The number of rotatable bonds is 6. The molecule has 6 heteroatoms. The van der Waals surface area contributed by atoms with Crippen LogP contribution in [0.15, 0.2) is 53.6 Å². The molecule has 0 amide bonds. The zero-order valence-corrected chi connectivity index (χ0v) is 13.9. The molecule has 5 nitrogen and oxygen atoms in total. The highest BCUT2D eigenvalue weighted by molar-refractivity contribution is 7.80. The highest BCUT2D eigenvalue weighted by Gasteiger charge is 2.02. The van der Waals surface area contributed by atoms with Crippen molar-refractivity contribution in [2.75, 3.05) is 14.2 Å². The van der Waals surface area contributed by atoms with Crippen LogP contribution in [0.4, 0.5) is 0 Å². The second kappa shape index (κ2) is 8.75. The predicted molar refractivity (Wildman–Crippen MR) is 96.2 cm³/mol. The summed E-state index contributed by atoms with van der Waals surface area (Å²) >= 11 is 5.18. The minimum atomic E-state index is 0.456. The van der Waals surface area contributed by atoms with E-state index in [1.54, 1.807) is 26.5 Å². The number of methoxy groups -OCH3 is 2. The average molecular weight is 329 g/mol. The number of hydrazone groups is 1. The van der Waals surface area contributed by atoms with Gasteiger partial charge in [0.1, 0.15) is 11.5 Å². The molecule has 2 aromatic rings. The summed E-state index contributed by atoms with van der Waals surface area (Å²) in [5, 5.41) is 7.66. The van der Waals surface area contributed by atoms with Gasteiger partial charge in [0, 0.05) is 18.2 Å². The fourth-order valence-corrected chi connectivity index (χ4v) is 2.03. The van der Waals surface area contributed by atoms with Gasteiger partial charge in [0.25, 0.3) is 0 Å². The minimum Gasteiger partial charge on any atom is -0.497 e. The first kappa shape index (κ1) is 16.8. The van der Waals surface area contributed by atoms with Crippen molar-refractivity contribution in [1.29, 1.82) is 0 Å². The average Bonchev–Trinajstić information content (AvgIpc) is 2.61. The Morgan fingerprint density at radius 3 is 2.61 bits per heavy atom. The summed E-state index contributed by atoms with van der Waals surface area (Å²) in [5.41, 5.74) is 4.76. The lowest BCUT2D eigenvalue weighted by atomic mass is 10.2. The summed E-state index contributed by atoms with van der Waals surface area (Å²) in [6.07, 6.45) is 1.65. The van der Waals surface area contributed by atoms with Gasteiger partial charge in [-0.1, -0.05) is 30.3 Å². The van der Waals surface area contributed by atoms with Gasteiger partial charge in [-0.05, 0) is 29.9 Å². The molecule has 0 aliphatic heterocycles. The fraction of sp³-hybridized carbons (Fsp3) is 0.176. The van der Waals surface area contributed by atoms with Crippen molar-refractivity contribution >= 4 is 23.5 Å². The number of ether oxygens (including phenoxy) is 2. The summed E-state index contributed by atoms with van der Waals surface area (Å²) in [6, 6.07) is 15.5. The highest BCUT2D eigenvalue weighted by Crippen LogP contribution is 2.22. The molecule has 0 atom stereocenters. The Morgan fingerprint density at radius 1 is 1.13 bits per heavy atom. The molecule has 23 heavy (non-hydrogen) atoms. The van der Waals surface area contributed by atoms with Crippen molar-refractivity contribution in [2.45, 2.75) is 6.54 Å². The first-order chi connectivity index (χ1) is 11.2. The second-order valence-corrected chi connectivity index (χ2v) is 5.05. The topological polar surface area (TPSA) is 54.9 Å². The smallest absolute Gasteiger partial charge is 0.187 e. The van der Waals surface area contributed by atoms with E-state index in [1.807, 2.05) is 42.5 Å². The van der Waals surface area contributed by atoms with Crippen LogP contribution in [0.3, 0.4) is 0 Å². The Balaban J connectivity index is 1.87. The standard InChI is InChI=1S/C17H19N3O2S/c1-21-15-9-8-14(16(10-15)22-2)12-19-20-17(23)18-11-13-6-4-3-5-7-13/h3-10,12H,11H2,1-2H3,(H2,18,20,23)/b19-12-. The van der Waals surface area contributed by atoms with Gasteiger partial charge in [-0.25, -0.2) is 0 Å². The molecular formula is C17H19N3O2S. The molecule has 0 unspecified atom stereocenters. The van der Waals surface area contributed by atoms with E-state index in [0.29, 0.717) is 17.4 Å². The van der Waals surface area contributed by atoms with Gasteiger partial charge < -0.3 is 14.8 Å². The van der Waals surface area contributed by atoms with Crippen molar-refractivity contribution in [3.63, 3.8) is 0 Å². The van der Waals surface area contributed by atoms with Crippen LogP contribution in [0, 0.1) is 0 Å². The highest BCUT2D eigenvalue weighted by atomic mass is 32.1. The molecule has 0 aromatic heterocycles. The zero-order valence-electron chi connectivity index (χ0n) is 13.1. The molecule has 0 spiro atoms. The summed E-state index contributed by atoms with van der Waals surface area (Å²) in [7, 11) is 3.21. The maximum atomic E-state index is 5.30. The van der Waals surface area contributed by atoms with Crippen LogP contribution in [0.1, 0.15) is 11.1 Å². The molecule has 0 bridgehead atoms. The summed E-state index contributed by atoms with van der Waals surface area (Å²) in [5.74, 6) is 1.41. The number of nitrogens with zero attached hydrogens (tertiary/aromatic N) is 1. The van der Waals surface area contributed by atoms with Gasteiger partial charge >= 0.3 is 0 Å². The van der Waals surface area contributed by atoms with Crippen LogP contribution >= 0.6 is 12.2 Å². The third-order valence-corrected chi connectivity index (χ3v) is 3.34. The van der Waals surface area contributed by atoms with E-state index in [2.05, 4.69) is 15.8 Å². The Bertz CT molecular complexity index is 675. The monoisotopic (exact) mass is 329 g/mol. The van der Waals surface area contributed by atoms with Gasteiger partial charge in [-0.15, -0.1) is 0 Å². The van der Waals surface area contributed by atoms with Gasteiger partial charge in [0.05, 0.1) is 20.4 Å². The van der Waals surface area contributed by atoms with E-state index in [1.165, 1.54) is 0 Å². The predicted octanol–water partition coefficient (Wildman–Crippen LogP) is 2.70. The molecule has 120 valence electrons. The van der Waals surface area contributed by atoms with Gasteiger partial charge in [0.15, 0.2) is 5.11 Å². The molecule has 2 N–H and O–H groups in total. The largest absolute Gasteiger partial charge is 0.497 e. The quantitative estimate of drug-likeness (QED) is 0.485. The van der Waals surface area contributed by atoms with Gasteiger partial charge in [0.2, 0.25) is 0 Å². The summed E-state index contributed by atoms with van der Waals surface area (Å²) < 4.78 is 10.5. The fourth-order valence-electron chi connectivity index (χ4n) is 1.90. The Hall–Kier alpha value is -2.60. The van der Waals surface area contributed by atoms with Gasteiger partial charge in [-0.3, -0.25) is 5.43 Å². The van der Waals surface area contributed by atoms with Crippen molar-refractivity contribution in [3.05, 3.63) is 59.7 Å². The number of thiocarbonyl (C=S) groups is 1. The van der Waals surface area contributed by atoms with E-state index in [9.17, 15) is 0 Å². The molecule has 0 fully saturated rings. The zero-order chi connectivity index (χ0) is 16.5. The van der Waals surface area contributed by atoms with Crippen LogP contribution in [0.2, 0.25) is 0 Å². The van der Waals surface area contributed by atoms with Crippen LogP contribution in [0.25, 0.3) is 0 Å². The van der Waals surface area contributed by atoms with Crippen LogP contribution < -0.4 is 20.2 Å². The van der Waals surface area contributed by atoms with Crippen molar-refractivity contribution in [3.8, 4) is 11.5 Å². The molecule has 0 radical (unpaired) electrons. The number of nitrogens with one attached hydrogen (secondary N) is 2. The van der Waals surface area contributed by atoms with E-state index >= 15 is 0 Å². The van der Waals surface area contributed by atoms with Crippen molar-refractivity contribution in [2.24, 2.45) is 5.10 Å². The SMILES string of the molecule is COc1ccc(/C=N\NC(=S)NCc2ccccc2)c(OC)c1. The van der Waals surface area contributed by atoms with Crippen LogP contribution in [-0.4, -0.2) is 25.5 Å². The molecule has 0 saturated heterocycles. The van der Waals surface area contributed by atoms with Crippen molar-refractivity contribution < 1.29 is 9.47 Å². The Labute approximate surface area is 141 Å². The molecule has 0 heterocycles.